The second-order valence-electron chi connectivity index (χ2n) is 5.23. The lowest BCUT2D eigenvalue weighted by atomic mass is 9.97. The van der Waals surface area contributed by atoms with Crippen LogP contribution in [0.1, 0.15) is 49.5 Å². The first kappa shape index (κ1) is 13.5. The van der Waals surface area contributed by atoms with Crippen molar-refractivity contribution in [3.05, 3.63) is 41.1 Å². The summed E-state index contributed by atoms with van der Waals surface area (Å²) in [5.74, 6) is 0.257. The second-order valence-corrected chi connectivity index (χ2v) is 5.23. The molecule has 0 aromatic heterocycles. The van der Waals surface area contributed by atoms with E-state index in [4.69, 9.17) is 0 Å². The average molecular weight is 257 g/mol. The van der Waals surface area contributed by atoms with Gasteiger partial charge in [0.15, 0.2) is 0 Å². The van der Waals surface area contributed by atoms with Crippen molar-refractivity contribution in [2.75, 3.05) is 0 Å². The van der Waals surface area contributed by atoms with Crippen LogP contribution in [0.4, 0.5) is 0 Å². The Balaban J connectivity index is 2.45. The fraction of sp³-hybridized carbons (Fsp3) is 0.375. The first-order valence-electron chi connectivity index (χ1n) is 6.71. The summed E-state index contributed by atoms with van der Waals surface area (Å²) in [6.45, 7) is 6.00. The van der Waals surface area contributed by atoms with E-state index in [1.807, 2.05) is 24.3 Å². The van der Waals surface area contributed by atoms with Gasteiger partial charge >= 0.3 is 0 Å². The smallest absolute Gasteiger partial charge is 0.224 e. The largest absolute Gasteiger partial charge is 0.323 e. The molecule has 0 aliphatic heterocycles. The standard InChI is InChI=1S/C16H19NO2/c1-4-14(18)17-15-13(9-10(2)3)11-7-5-6-8-12(11)16(15)19/h5-8,10H,4,9H2,1-3H3,(H,17,18,19). The van der Waals surface area contributed by atoms with Crippen LogP contribution in [0, 0.1) is 5.92 Å². The predicted octanol–water partition coefficient (Wildman–Crippen LogP) is 3.17. The first-order chi connectivity index (χ1) is 9.04. The average Bonchev–Trinajstić information content (AvgIpc) is 2.64. The van der Waals surface area contributed by atoms with E-state index in [0.29, 0.717) is 23.6 Å². The number of amides is 1. The van der Waals surface area contributed by atoms with Gasteiger partial charge < -0.3 is 5.32 Å². The highest BCUT2D eigenvalue weighted by atomic mass is 16.2. The highest BCUT2D eigenvalue weighted by Gasteiger charge is 2.30. The predicted molar refractivity (Wildman–Crippen MR) is 75.6 cm³/mol. The number of benzene rings is 1. The fourth-order valence-electron chi connectivity index (χ4n) is 2.33. The SMILES string of the molecule is CCC(=O)NC1=C(CC(C)C)c2ccccc2C1=O. The van der Waals surface area contributed by atoms with Gasteiger partial charge in [0, 0.05) is 12.0 Å². The molecule has 0 fully saturated rings. The summed E-state index contributed by atoms with van der Waals surface area (Å²) in [6, 6.07) is 7.56. The van der Waals surface area contributed by atoms with Gasteiger partial charge in [-0.25, -0.2) is 0 Å². The van der Waals surface area contributed by atoms with E-state index in [1.165, 1.54) is 0 Å². The van der Waals surface area contributed by atoms with Gasteiger partial charge in [0.05, 0.1) is 5.70 Å². The minimum Gasteiger partial charge on any atom is -0.323 e. The van der Waals surface area contributed by atoms with Gasteiger partial charge in [-0.2, -0.15) is 0 Å². The van der Waals surface area contributed by atoms with E-state index in [9.17, 15) is 9.59 Å². The number of nitrogens with one attached hydrogen (secondary N) is 1. The maximum absolute atomic E-state index is 12.4. The van der Waals surface area contributed by atoms with Gasteiger partial charge in [-0.05, 0) is 23.5 Å². The lowest BCUT2D eigenvalue weighted by molar-refractivity contribution is -0.120. The third-order valence-electron chi connectivity index (χ3n) is 3.22. The molecule has 0 atom stereocenters. The second kappa shape index (κ2) is 5.39. The molecule has 0 bridgehead atoms. The molecule has 1 N–H and O–H groups in total. The normalized spacial score (nSPS) is 14.0. The molecule has 3 heteroatoms. The van der Waals surface area contributed by atoms with Crippen molar-refractivity contribution in [2.24, 2.45) is 5.92 Å². The summed E-state index contributed by atoms with van der Waals surface area (Å²) in [5, 5.41) is 2.77. The van der Waals surface area contributed by atoms with Crippen LogP contribution in [0.15, 0.2) is 30.0 Å². The number of Topliss-reactive ketones (excluding diaryl/α,β-unsaturated/α-hetero) is 1. The molecule has 1 amide bonds. The van der Waals surface area contributed by atoms with Gasteiger partial charge in [-0.3, -0.25) is 9.59 Å². The molecule has 3 nitrogen and oxygen atoms in total. The van der Waals surface area contributed by atoms with Crippen LogP contribution in [0.3, 0.4) is 0 Å². The van der Waals surface area contributed by atoms with Gasteiger partial charge in [0.1, 0.15) is 0 Å². The minimum absolute atomic E-state index is 0.0620. The Labute approximate surface area is 113 Å². The van der Waals surface area contributed by atoms with Crippen LogP contribution >= 0.6 is 0 Å². The molecule has 1 aliphatic carbocycles. The van der Waals surface area contributed by atoms with Crippen LogP contribution in [0.25, 0.3) is 5.57 Å². The van der Waals surface area contributed by atoms with Crippen molar-refractivity contribution in [1.82, 2.24) is 5.32 Å². The highest BCUT2D eigenvalue weighted by molar-refractivity contribution is 6.21. The van der Waals surface area contributed by atoms with Crippen molar-refractivity contribution in [1.29, 1.82) is 0 Å². The number of fused-ring (bicyclic) bond motifs is 1. The van der Waals surface area contributed by atoms with Crippen molar-refractivity contribution in [2.45, 2.75) is 33.6 Å². The van der Waals surface area contributed by atoms with Gasteiger partial charge in [-0.1, -0.05) is 45.0 Å². The van der Waals surface area contributed by atoms with E-state index in [1.54, 1.807) is 6.92 Å². The Hall–Kier alpha value is -1.90. The zero-order valence-electron chi connectivity index (χ0n) is 11.6. The summed E-state index contributed by atoms with van der Waals surface area (Å²) >= 11 is 0. The third-order valence-corrected chi connectivity index (χ3v) is 3.22. The van der Waals surface area contributed by atoms with Crippen LogP contribution in [0.2, 0.25) is 0 Å². The van der Waals surface area contributed by atoms with Crippen LogP contribution < -0.4 is 5.32 Å². The van der Waals surface area contributed by atoms with Crippen LogP contribution in [-0.4, -0.2) is 11.7 Å². The number of hydrogen-bond donors (Lipinski definition) is 1. The lowest BCUT2D eigenvalue weighted by Gasteiger charge is -2.10. The van der Waals surface area contributed by atoms with Crippen LogP contribution in [-0.2, 0) is 4.79 Å². The Morgan fingerprint density at radius 2 is 1.84 bits per heavy atom. The Morgan fingerprint density at radius 3 is 2.42 bits per heavy atom. The summed E-state index contributed by atoms with van der Waals surface area (Å²) in [4.78, 5) is 24.0. The van der Waals surface area contributed by atoms with Crippen molar-refractivity contribution >= 4 is 17.3 Å². The van der Waals surface area contributed by atoms with E-state index in [2.05, 4.69) is 19.2 Å². The minimum atomic E-state index is -0.114. The molecule has 100 valence electrons. The number of rotatable bonds is 4. The van der Waals surface area contributed by atoms with Crippen molar-refractivity contribution in [3.63, 3.8) is 0 Å². The van der Waals surface area contributed by atoms with E-state index >= 15 is 0 Å². The molecule has 1 aliphatic rings. The quantitative estimate of drug-likeness (QED) is 0.900. The molecular formula is C16H19NO2. The molecule has 0 heterocycles. The zero-order chi connectivity index (χ0) is 14.0. The summed E-state index contributed by atoms with van der Waals surface area (Å²) < 4.78 is 0. The zero-order valence-corrected chi connectivity index (χ0v) is 11.6. The topological polar surface area (TPSA) is 46.2 Å². The number of carbonyl (C=O) groups excluding carboxylic acids is 2. The maximum atomic E-state index is 12.4. The van der Waals surface area contributed by atoms with E-state index in [0.717, 1.165) is 17.6 Å². The van der Waals surface area contributed by atoms with Gasteiger partial charge in [0.2, 0.25) is 11.7 Å². The molecule has 2 rings (SSSR count). The molecule has 1 aromatic carbocycles. The van der Waals surface area contributed by atoms with E-state index < -0.39 is 0 Å². The molecule has 1 aromatic rings. The Bertz CT molecular complexity index is 556. The van der Waals surface area contributed by atoms with Crippen molar-refractivity contribution in [3.8, 4) is 0 Å². The molecular weight excluding hydrogens is 238 g/mol. The molecule has 0 saturated carbocycles. The van der Waals surface area contributed by atoms with Crippen molar-refractivity contribution < 1.29 is 9.59 Å². The number of ketones is 1. The molecule has 0 saturated heterocycles. The van der Waals surface area contributed by atoms with E-state index in [-0.39, 0.29) is 11.7 Å². The van der Waals surface area contributed by atoms with Gasteiger partial charge in [0.25, 0.3) is 0 Å². The van der Waals surface area contributed by atoms with Gasteiger partial charge in [-0.15, -0.1) is 0 Å². The third kappa shape index (κ3) is 2.60. The molecule has 0 radical (unpaired) electrons. The lowest BCUT2D eigenvalue weighted by Crippen LogP contribution is -2.25. The fourth-order valence-corrected chi connectivity index (χ4v) is 2.33. The Kier molecular flexibility index (Phi) is 3.84. The number of hydrogen-bond acceptors (Lipinski definition) is 2. The first-order valence-corrected chi connectivity index (χ1v) is 6.71. The summed E-state index contributed by atoms with van der Waals surface area (Å²) in [7, 11) is 0. The molecule has 0 spiro atoms. The number of carbonyl (C=O) groups is 2. The Morgan fingerprint density at radius 1 is 1.21 bits per heavy atom. The summed E-state index contributed by atoms with van der Waals surface area (Å²) in [6.07, 6.45) is 1.17. The van der Waals surface area contributed by atoms with Crippen LogP contribution in [0.5, 0.6) is 0 Å². The summed E-state index contributed by atoms with van der Waals surface area (Å²) in [5.41, 5.74) is 3.11. The monoisotopic (exact) mass is 257 g/mol. The highest BCUT2D eigenvalue weighted by Crippen LogP contribution is 2.35. The number of allylic oxidation sites excluding steroid dienone is 2. The molecule has 19 heavy (non-hydrogen) atoms. The maximum Gasteiger partial charge on any atom is 0.224 e. The molecule has 0 unspecified atom stereocenters.